The first-order valence-corrected chi connectivity index (χ1v) is 3.96. The van der Waals surface area contributed by atoms with E-state index in [1.54, 1.807) is 0 Å². The Morgan fingerprint density at radius 3 is 2.55 bits per heavy atom. The monoisotopic (exact) mass is 154 g/mol. The fourth-order valence-electron chi connectivity index (χ4n) is 1.20. The summed E-state index contributed by atoms with van der Waals surface area (Å²) in [5.74, 6) is 1.23. The summed E-state index contributed by atoms with van der Waals surface area (Å²) in [5.41, 5.74) is 1.12. The molecule has 1 atom stereocenters. The first-order chi connectivity index (χ1) is 5.09. The standard InChI is InChI=1S/C9H14O2/c1-6(2)8-4-7(3)5-9(10)11-8/h7H,4-5H2,1-3H3. The van der Waals surface area contributed by atoms with E-state index in [1.807, 2.05) is 13.8 Å². The van der Waals surface area contributed by atoms with Crippen LogP contribution in [0.1, 0.15) is 33.6 Å². The maximum Gasteiger partial charge on any atom is 0.311 e. The highest BCUT2D eigenvalue weighted by molar-refractivity contribution is 5.72. The molecule has 0 N–H and O–H groups in total. The van der Waals surface area contributed by atoms with Crippen LogP contribution < -0.4 is 0 Å². The number of hydrogen-bond donors (Lipinski definition) is 0. The van der Waals surface area contributed by atoms with Crippen LogP contribution in [0.5, 0.6) is 0 Å². The van der Waals surface area contributed by atoms with Gasteiger partial charge in [0.15, 0.2) is 0 Å². The summed E-state index contributed by atoms with van der Waals surface area (Å²) in [6, 6.07) is 0. The maximum absolute atomic E-state index is 10.9. The van der Waals surface area contributed by atoms with Crippen LogP contribution >= 0.6 is 0 Å². The van der Waals surface area contributed by atoms with Crippen molar-refractivity contribution in [3.63, 3.8) is 0 Å². The lowest BCUT2D eigenvalue weighted by molar-refractivity contribution is -0.143. The van der Waals surface area contributed by atoms with Gasteiger partial charge >= 0.3 is 5.97 Å². The highest BCUT2D eigenvalue weighted by atomic mass is 16.5. The zero-order valence-electron chi connectivity index (χ0n) is 7.31. The molecule has 1 aliphatic heterocycles. The van der Waals surface area contributed by atoms with Crippen LogP contribution in [0.25, 0.3) is 0 Å². The smallest absolute Gasteiger partial charge is 0.311 e. The van der Waals surface area contributed by atoms with E-state index in [0.29, 0.717) is 12.3 Å². The van der Waals surface area contributed by atoms with Gasteiger partial charge in [0, 0.05) is 12.8 Å². The predicted molar refractivity (Wildman–Crippen MR) is 42.9 cm³/mol. The van der Waals surface area contributed by atoms with E-state index in [4.69, 9.17) is 4.74 Å². The summed E-state index contributed by atoms with van der Waals surface area (Å²) >= 11 is 0. The number of esters is 1. The van der Waals surface area contributed by atoms with Gasteiger partial charge in [0.1, 0.15) is 5.76 Å². The second-order valence-corrected chi connectivity index (χ2v) is 3.41. The second-order valence-electron chi connectivity index (χ2n) is 3.41. The van der Waals surface area contributed by atoms with Crippen molar-refractivity contribution in [2.45, 2.75) is 33.6 Å². The Morgan fingerprint density at radius 2 is 2.09 bits per heavy atom. The van der Waals surface area contributed by atoms with E-state index in [2.05, 4.69) is 6.92 Å². The number of allylic oxidation sites excluding steroid dienone is 2. The Kier molecular flexibility index (Phi) is 2.32. The summed E-state index contributed by atoms with van der Waals surface area (Å²) in [6.07, 6.45) is 1.48. The molecule has 0 aromatic rings. The lowest BCUT2D eigenvalue weighted by Crippen LogP contribution is -2.18. The van der Waals surface area contributed by atoms with E-state index < -0.39 is 0 Å². The summed E-state index contributed by atoms with van der Waals surface area (Å²) in [4.78, 5) is 10.9. The average molecular weight is 154 g/mol. The lowest BCUT2D eigenvalue weighted by atomic mass is 9.98. The van der Waals surface area contributed by atoms with Crippen LogP contribution in [0.2, 0.25) is 0 Å². The van der Waals surface area contributed by atoms with E-state index in [0.717, 1.165) is 17.8 Å². The van der Waals surface area contributed by atoms with Gasteiger partial charge in [-0.2, -0.15) is 0 Å². The van der Waals surface area contributed by atoms with Gasteiger partial charge in [0.2, 0.25) is 0 Å². The Hall–Kier alpha value is -0.790. The molecule has 0 saturated carbocycles. The van der Waals surface area contributed by atoms with Crippen LogP contribution in [0.15, 0.2) is 11.3 Å². The number of carbonyl (C=O) groups is 1. The molecule has 1 saturated heterocycles. The van der Waals surface area contributed by atoms with Gasteiger partial charge in [0.05, 0.1) is 0 Å². The number of hydrogen-bond acceptors (Lipinski definition) is 2. The van der Waals surface area contributed by atoms with E-state index in [9.17, 15) is 4.79 Å². The van der Waals surface area contributed by atoms with Crippen molar-refractivity contribution < 1.29 is 9.53 Å². The van der Waals surface area contributed by atoms with E-state index in [1.165, 1.54) is 0 Å². The van der Waals surface area contributed by atoms with Crippen molar-refractivity contribution in [2.75, 3.05) is 0 Å². The number of cyclic esters (lactones) is 1. The first kappa shape index (κ1) is 8.31. The minimum Gasteiger partial charge on any atom is -0.431 e. The van der Waals surface area contributed by atoms with Gasteiger partial charge < -0.3 is 4.74 Å². The molecule has 0 aromatic carbocycles. The van der Waals surface area contributed by atoms with Crippen molar-refractivity contribution in [2.24, 2.45) is 5.92 Å². The summed E-state index contributed by atoms with van der Waals surface area (Å²) in [6.45, 7) is 6.02. The van der Waals surface area contributed by atoms with E-state index >= 15 is 0 Å². The van der Waals surface area contributed by atoms with Gasteiger partial charge in [-0.05, 0) is 25.3 Å². The Balaban J connectivity index is 2.72. The highest BCUT2D eigenvalue weighted by Crippen LogP contribution is 2.25. The molecule has 0 amide bonds. The lowest BCUT2D eigenvalue weighted by Gasteiger charge is -2.20. The molecule has 1 unspecified atom stereocenters. The topological polar surface area (TPSA) is 26.3 Å². The Morgan fingerprint density at radius 1 is 1.45 bits per heavy atom. The summed E-state index contributed by atoms with van der Waals surface area (Å²) < 4.78 is 5.06. The fourth-order valence-corrected chi connectivity index (χ4v) is 1.20. The van der Waals surface area contributed by atoms with Crippen molar-refractivity contribution in [3.05, 3.63) is 11.3 Å². The number of carbonyl (C=O) groups excluding carboxylic acids is 1. The van der Waals surface area contributed by atoms with Gasteiger partial charge in [-0.3, -0.25) is 4.79 Å². The Labute approximate surface area is 67.2 Å². The molecule has 1 rings (SSSR count). The van der Waals surface area contributed by atoms with E-state index in [-0.39, 0.29) is 5.97 Å². The Bertz CT molecular complexity index is 200. The molecule has 0 aromatic heterocycles. The second kappa shape index (κ2) is 3.07. The van der Waals surface area contributed by atoms with Crippen LogP contribution in [-0.2, 0) is 9.53 Å². The largest absolute Gasteiger partial charge is 0.431 e. The predicted octanol–water partition coefficient (Wildman–Crippen LogP) is 2.25. The molecule has 2 heteroatoms. The van der Waals surface area contributed by atoms with Gasteiger partial charge in [0.25, 0.3) is 0 Å². The molecule has 1 aliphatic rings. The molecular formula is C9H14O2. The minimum absolute atomic E-state index is 0.0834. The summed E-state index contributed by atoms with van der Waals surface area (Å²) in [5, 5.41) is 0. The number of ether oxygens (including phenoxy) is 1. The van der Waals surface area contributed by atoms with Crippen molar-refractivity contribution in [3.8, 4) is 0 Å². The van der Waals surface area contributed by atoms with Gasteiger partial charge in [-0.15, -0.1) is 0 Å². The van der Waals surface area contributed by atoms with Gasteiger partial charge in [-0.25, -0.2) is 0 Å². The van der Waals surface area contributed by atoms with Crippen molar-refractivity contribution in [1.29, 1.82) is 0 Å². The third-order valence-electron chi connectivity index (χ3n) is 1.84. The first-order valence-electron chi connectivity index (χ1n) is 3.96. The quantitative estimate of drug-likeness (QED) is 0.500. The summed E-state index contributed by atoms with van der Waals surface area (Å²) in [7, 11) is 0. The molecule has 62 valence electrons. The third kappa shape index (κ3) is 2.07. The van der Waals surface area contributed by atoms with Gasteiger partial charge in [-0.1, -0.05) is 6.92 Å². The molecule has 1 fully saturated rings. The van der Waals surface area contributed by atoms with Crippen LogP contribution in [0.3, 0.4) is 0 Å². The molecule has 0 bridgehead atoms. The zero-order chi connectivity index (χ0) is 8.43. The van der Waals surface area contributed by atoms with Crippen LogP contribution in [0.4, 0.5) is 0 Å². The number of rotatable bonds is 0. The van der Waals surface area contributed by atoms with Crippen molar-refractivity contribution in [1.82, 2.24) is 0 Å². The van der Waals surface area contributed by atoms with Crippen molar-refractivity contribution >= 4 is 5.97 Å². The molecular weight excluding hydrogens is 140 g/mol. The molecule has 0 radical (unpaired) electrons. The minimum atomic E-state index is -0.0834. The molecule has 0 spiro atoms. The highest BCUT2D eigenvalue weighted by Gasteiger charge is 2.21. The van der Waals surface area contributed by atoms with Crippen LogP contribution in [-0.4, -0.2) is 5.97 Å². The molecule has 2 nitrogen and oxygen atoms in total. The molecule has 1 heterocycles. The van der Waals surface area contributed by atoms with Crippen LogP contribution in [0, 0.1) is 5.92 Å². The maximum atomic E-state index is 10.9. The zero-order valence-corrected chi connectivity index (χ0v) is 7.31. The molecule has 11 heavy (non-hydrogen) atoms. The fraction of sp³-hybridized carbons (Fsp3) is 0.667. The average Bonchev–Trinajstić information content (AvgIpc) is 1.85. The third-order valence-corrected chi connectivity index (χ3v) is 1.84. The normalized spacial score (nSPS) is 24.8. The molecule has 0 aliphatic carbocycles. The SMILES string of the molecule is CC(C)=C1CC(C)CC(=O)O1.